The van der Waals surface area contributed by atoms with Gasteiger partial charge in [-0.15, -0.1) is 0 Å². The summed E-state index contributed by atoms with van der Waals surface area (Å²) in [5, 5.41) is 3.69. The van der Waals surface area contributed by atoms with Crippen molar-refractivity contribution in [3.63, 3.8) is 0 Å². The van der Waals surface area contributed by atoms with E-state index < -0.39 is 0 Å². The average Bonchev–Trinajstić information content (AvgIpc) is 3.08. The lowest BCUT2D eigenvalue weighted by atomic mass is 9.78. The smallest absolute Gasteiger partial charge is 0.0809 e. The minimum atomic E-state index is 0.143. The predicted molar refractivity (Wildman–Crippen MR) is 72.2 cm³/mol. The molecule has 0 saturated heterocycles. The molecule has 100 valence electrons. The molecule has 2 rings (SSSR count). The number of rotatable bonds is 6. The van der Waals surface area contributed by atoms with Gasteiger partial charge in [0, 0.05) is 19.2 Å². The first kappa shape index (κ1) is 13.4. The van der Waals surface area contributed by atoms with Crippen LogP contribution in [0.2, 0.25) is 0 Å². The molecule has 0 radical (unpaired) electrons. The van der Waals surface area contributed by atoms with Crippen LogP contribution in [0.4, 0.5) is 0 Å². The molecule has 0 amide bonds. The Morgan fingerprint density at radius 3 is 2.65 bits per heavy atom. The molecular formula is C15H29NO. The van der Waals surface area contributed by atoms with Gasteiger partial charge in [0.15, 0.2) is 0 Å². The van der Waals surface area contributed by atoms with Crippen LogP contribution in [0.5, 0.6) is 0 Å². The van der Waals surface area contributed by atoms with Crippen LogP contribution in [0.3, 0.4) is 0 Å². The Morgan fingerprint density at radius 1 is 1.29 bits per heavy atom. The zero-order chi connectivity index (χ0) is 12.3. The molecule has 2 nitrogen and oxygen atoms in total. The average molecular weight is 239 g/mol. The van der Waals surface area contributed by atoms with Gasteiger partial charge in [-0.05, 0) is 37.5 Å². The highest BCUT2D eigenvalue weighted by Gasteiger charge is 2.37. The van der Waals surface area contributed by atoms with Crippen LogP contribution in [0, 0.1) is 11.8 Å². The minimum Gasteiger partial charge on any atom is -0.373 e. The molecular weight excluding hydrogens is 210 g/mol. The Hall–Kier alpha value is -0.0800. The summed E-state index contributed by atoms with van der Waals surface area (Å²) in [5.41, 5.74) is 0.143. The summed E-state index contributed by atoms with van der Waals surface area (Å²) in [5.74, 6) is 1.47. The molecule has 2 unspecified atom stereocenters. The molecule has 2 fully saturated rings. The summed E-state index contributed by atoms with van der Waals surface area (Å²) in [7, 11) is 0. The zero-order valence-electron chi connectivity index (χ0n) is 11.8. The van der Waals surface area contributed by atoms with Crippen LogP contribution in [0.25, 0.3) is 0 Å². The van der Waals surface area contributed by atoms with Gasteiger partial charge in [0.2, 0.25) is 0 Å². The summed E-state index contributed by atoms with van der Waals surface area (Å²) >= 11 is 0. The fourth-order valence-corrected chi connectivity index (χ4v) is 2.92. The molecule has 2 aliphatic rings. The zero-order valence-corrected chi connectivity index (χ0v) is 11.8. The standard InChI is InChI=1S/C15H29NO/c1-12(2)10-17-15(11-16-14-6-7-14)8-4-5-13(3)9-15/h12-14,16H,4-11H2,1-3H3. The van der Waals surface area contributed by atoms with Crippen molar-refractivity contribution in [2.24, 2.45) is 11.8 Å². The van der Waals surface area contributed by atoms with Gasteiger partial charge in [-0.2, -0.15) is 0 Å². The van der Waals surface area contributed by atoms with Crippen LogP contribution in [0.1, 0.15) is 59.3 Å². The van der Waals surface area contributed by atoms with E-state index in [9.17, 15) is 0 Å². The molecule has 2 heteroatoms. The van der Waals surface area contributed by atoms with E-state index in [1.54, 1.807) is 0 Å². The SMILES string of the molecule is CC(C)COC1(CNC2CC2)CCCC(C)C1. The maximum Gasteiger partial charge on any atom is 0.0809 e. The topological polar surface area (TPSA) is 21.3 Å². The van der Waals surface area contributed by atoms with Gasteiger partial charge in [-0.3, -0.25) is 0 Å². The summed E-state index contributed by atoms with van der Waals surface area (Å²) < 4.78 is 6.32. The molecule has 0 heterocycles. The van der Waals surface area contributed by atoms with Gasteiger partial charge in [-0.1, -0.05) is 33.6 Å². The Bertz CT molecular complexity index is 229. The second-order valence-electron chi connectivity index (χ2n) is 6.74. The normalized spacial score (nSPS) is 34.2. The third kappa shape index (κ3) is 4.26. The molecule has 0 aromatic rings. The lowest BCUT2D eigenvalue weighted by Gasteiger charge is -2.40. The molecule has 0 aromatic carbocycles. The van der Waals surface area contributed by atoms with Gasteiger partial charge in [0.25, 0.3) is 0 Å². The highest BCUT2D eigenvalue weighted by atomic mass is 16.5. The number of ether oxygens (including phenoxy) is 1. The van der Waals surface area contributed by atoms with Crippen molar-refractivity contribution in [2.75, 3.05) is 13.2 Å². The van der Waals surface area contributed by atoms with Crippen LogP contribution in [-0.2, 0) is 4.74 Å². The molecule has 17 heavy (non-hydrogen) atoms. The molecule has 0 aromatic heterocycles. The molecule has 1 N–H and O–H groups in total. The van der Waals surface area contributed by atoms with Crippen molar-refractivity contribution in [1.82, 2.24) is 5.32 Å². The fourth-order valence-electron chi connectivity index (χ4n) is 2.92. The van der Waals surface area contributed by atoms with Gasteiger partial charge < -0.3 is 10.1 Å². The fraction of sp³-hybridized carbons (Fsp3) is 1.00. The lowest BCUT2D eigenvalue weighted by molar-refractivity contribution is -0.0885. The third-order valence-corrected chi connectivity index (χ3v) is 4.06. The summed E-state index contributed by atoms with van der Waals surface area (Å²) in [6.45, 7) is 8.86. The van der Waals surface area contributed by atoms with E-state index in [1.807, 2.05) is 0 Å². The first-order valence-electron chi connectivity index (χ1n) is 7.47. The largest absolute Gasteiger partial charge is 0.373 e. The first-order valence-corrected chi connectivity index (χ1v) is 7.47. The summed E-state index contributed by atoms with van der Waals surface area (Å²) in [4.78, 5) is 0. The monoisotopic (exact) mass is 239 g/mol. The Labute approximate surface area is 107 Å². The van der Waals surface area contributed by atoms with Gasteiger partial charge >= 0.3 is 0 Å². The molecule has 0 spiro atoms. The van der Waals surface area contributed by atoms with E-state index in [0.717, 1.165) is 25.1 Å². The van der Waals surface area contributed by atoms with E-state index in [0.29, 0.717) is 5.92 Å². The van der Waals surface area contributed by atoms with Crippen molar-refractivity contribution in [1.29, 1.82) is 0 Å². The van der Waals surface area contributed by atoms with Crippen LogP contribution in [0.15, 0.2) is 0 Å². The molecule has 0 aliphatic heterocycles. The van der Waals surface area contributed by atoms with Crippen LogP contribution >= 0.6 is 0 Å². The van der Waals surface area contributed by atoms with Gasteiger partial charge in [0.1, 0.15) is 0 Å². The van der Waals surface area contributed by atoms with E-state index in [1.165, 1.54) is 38.5 Å². The van der Waals surface area contributed by atoms with Crippen molar-refractivity contribution in [3.8, 4) is 0 Å². The molecule has 0 bridgehead atoms. The van der Waals surface area contributed by atoms with Crippen molar-refractivity contribution >= 4 is 0 Å². The first-order chi connectivity index (χ1) is 8.10. The molecule has 2 atom stereocenters. The van der Waals surface area contributed by atoms with Gasteiger partial charge in [0.05, 0.1) is 5.60 Å². The second kappa shape index (κ2) is 5.71. The maximum absolute atomic E-state index is 6.32. The van der Waals surface area contributed by atoms with Crippen molar-refractivity contribution in [3.05, 3.63) is 0 Å². The Kier molecular flexibility index (Phi) is 4.48. The van der Waals surface area contributed by atoms with Gasteiger partial charge in [-0.25, -0.2) is 0 Å². The number of nitrogens with one attached hydrogen (secondary N) is 1. The lowest BCUT2D eigenvalue weighted by Crippen LogP contribution is -2.47. The van der Waals surface area contributed by atoms with Crippen molar-refractivity contribution in [2.45, 2.75) is 70.9 Å². The molecule has 2 saturated carbocycles. The number of hydrogen-bond donors (Lipinski definition) is 1. The highest BCUT2D eigenvalue weighted by Crippen LogP contribution is 2.36. The Morgan fingerprint density at radius 2 is 2.06 bits per heavy atom. The second-order valence-corrected chi connectivity index (χ2v) is 6.74. The van der Waals surface area contributed by atoms with Crippen LogP contribution < -0.4 is 5.32 Å². The van der Waals surface area contributed by atoms with Crippen LogP contribution in [-0.4, -0.2) is 24.8 Å². The van der Waals surface area contributed by atoms with E-state index in [2.05, 4.69) is 26.1 Å². The summed E-state index contributed by atoms with van der Waals surface area (Å²) in [6.07, 6.45) is 7.97. The molecule has 2 aliphatic carbocycles. The maximum atomic E-state index is 6.32. The minimum absolute atomic E-state index is 0.143. The van der Waals surface area contributed by atoms with E-state index in [-0.39, 0.29) is 5.60 Å². The number of hydrogen-bond acceptors (Lipinski definition) is 2. The van der Waals surface area contributed by atoms with Crippen molar-refractivity contribution < 1.29 is 4.74 Å². The van der Waals surface area contributed by atoms with E-state index in [4.69, 9.17) is 4.74 Å². The third-order valence-electron chi connectivity index (χ3n) is 4.06. The Balaban J connectivity index is 1.88. The quantitative estimate of drug-likeness (QED) is 0.767. The summed E-state index contributed by atoms with van der Waals surface area (Å²) in [6, 6.07) is 0.798. The highest BCUT2D eigenvalue weighted by molar-refractivity contribution is 4.92. The van der Waals surface area contributed by atoms with E-state index >= 15 is 0 Å². The predicted octanol–water partition coefficient (Wildman–Crippen LogP) is 3.36.